The van der Waals surface area contributed by atoms with Gasteiger partial charge in [-0.1, -0.05) is 18.2 Å². The maximum atomic E-state index is 11.6. The first-order valence-electron chi connectivity index (χ1n) is 11.3. The van der Waals surface area contributed by atoms with Gasteiger partial charge in [-0.05, 0) is 68.3 Å². The molecule has 3 N–H and O–H groups in total. The van der Waals surface area contributed by atoms with E-state index in [1.54, 1.807) is 13.2 Å². The second-order valence-corrected chi connectivity index (χ2v) is 9.23. The van der Waals surface area contributed by atoms with Crippen LogP contribution < -0.4 is 10.5 Å². The van der Waals surface area contributed by atoms with Gasteiger partial charge in [-0.2, -0.15) is 0 Å². The molecule has 2 heterocycles. The molecule has 0 radical (unpaired) electrons. The van der Waals surface area contributed by atoms with Crippen LogP contribution in [0.25, 0.3) is 10.9 Å². The topological polar surface area (TPSA) is 80.7 Å². The third kappa shape index (κ3) is 4.52. The van der Waals surface area contributed by atoms with Gasteiger partial charge >= 0.3 is 0 Å². The van der Waals surface area contributed by atoms with Gasteiger partial charge in [0.25, 0.3) is 0 Å². The fourth-order valence-electron chi connectivity index (χ4n) is 4.90. The van der Waals surface area contributed by atoms with Crippen LogP contribution in [0.4, 0.5) is 0 Å². The average molecular weight is 436 g/mol. The van der Waals surface area contributed by atoms with Crippen molar-refractivity contribution in [2.75, 3.05) is 26.7 Å². The number of benzene rings is 2. The lowest BCUT2D eigenvalue weighted by Gasteiger charge is -2.33. The SMILES string of the molecule is COc1cccc(C(C)(C)O)c1CCN1CCC(n2ccc3ccc(C(N)=O)cc32)CC1. The number of methoxy groups -OCH3 is 1. The van der Waals surface area contributed by atoms with Crippen molar-refractivity contribution in [3.8, 4) is 5.75 Å². The Balaban J connectivity index is 1.43. The molecular weight excluding hydrogens is 402 g/mol. The number of ether oxygens (including phenoxy) is 1. The minimum absolute atomic E-state index is 0.392. The van der Waals surface area contributed by atoms with Crippen molar-refractivity contribution in [2.24, 2.45) is 5.73 Å². The predicted octanol–water partition coefficient (Wildman–Crippen LogP) is 3.86. The predicted molar refractivity (Wildman–Crippen MR) is 127 cm³/mol. The summed E-state index contributed by atoms with van der Waals surface area (Å²) in [5.74, 6) is 0.444. The molecule has 32 heavy (non-hydrogen) atoms. The molecule has 0 spiro atoms. The van der Waals surface area contributed by atoms with Crippen LogP contribution in [0, 0.1) is 0 Å². The highest BCUT2D eigenvalue weighted by Gasteiger charge is 2.25. The highest BCUT2D eigenvalue weighted by atomic mass is 16.5. The number of nitrogens with two attached hydrogens (primary N) is 1. The Bertz CT molecular complexity index is 1110. The molecular formula is C26H33N3O3. The Labute approximate surface area is 189 Å². The number of nitrogens with zero attached hydrogens (tertiary/aromatic N) is 2. The van der Waals surface area contributed by atoms with E-state index in [-0.39, 0.29) is 0 Å². The first kappa shape index (κ1) is 22.4. The number of hydrogen-bond donors (Lipinski definition) is 2. The zero-order valence-corrected chi connectivity index (χ0v) is 19.2. The second-order valence-electron chi connectivity index (χ2n) is 9.23. The molecule has 1 aliphatic rings. The lowest BCUT2D eigenvalue weighted by Crippen LogP contribution is -2.36. The number of carbonyl (C=O) groups excluding carboxylic acids is 1. The van der Waals surface area contributed by atoms with Gasteiger partial charge in [-0.25, -0.2) is 0 Å². The van der Waals surface area contributed by atoms with E-state index in [0.29, 0.717) is 11.6 Å². The van der Waals surface area contributed by atoms with Gasteiger partial charge in [0.05, 0.1) is 12.7 Å². The standard InChI is InChI=1S/C26H33N3O3/c1-26(2,31)22-5-4-6-24(32-3)21(22)12-15-28-13-10-20(11-14-28)29-16-9-18-7-8-19(25(27)30)17-23(18)29/h4-9,16-17,20,31H,10-15H2,1-3H3,(H2,27,30). The zero-order valence-electron chi connectivity index (χ0n) is 19.2. The number of hydrogen-bond acceptors (Lipinski definition) is 4. The van der Waals surface area contributed by atoms with Gasteiger partial charge in [0.1, 0.15) is 5.75 Å². The first-order chi connectivity index (χ1) is 15.3. The van der Waals surface area contributed by atoms with Gasteiger partial charge in [-0.15, -0.1) is 0 Å². The van der Waals surface area contributed by atoms with E-state index < -0.39 is 11.5 Å². The summed E-state index contributed by atoms with van der Waals surface area (Å²) in [6.07, 6.45) is 5.06. The largest absolute Gasteiger partial charge is 0.496 e. The van der Waals surface area contributed by atoms with Crippen LogP contribution in [-0.4, -0.2) is 47.2 Å². The van der Waals surface area contributed by atoms with E-state index in [1.807, 2.05) is 44.2 Å². The van der Waals surface area contributed by atoms with Gasteiger partial charge < -0.3 is 25.0 Å². The fraction of sp³-hybridized carbons (Fsp3) is 0.423. The van der Waals surface area contributed by atoms with Crippen molar-refractivity contribution in [1.82, 2.24) is 9.47 Å². The molecule has 1 fully saturated rings. The third-order valence-electron chi connectivity index (χ3n) is 6.65. The first-order valence-corrected chi connectivity index (χ1v) is 11.3. The van der Waals surface area contributed by atoms with Crippen molar-refractivity contribution in [3.63, 3.8) is 0 Å². The summed E-state index contributed by atoms with van der Waals surface area (Å²) in [5.41, 5.74) is 8.21. The van der Waals surface area contributed by atoms with E-state index in [4.69, 9.17) is 10.5 Å². The molecule has 2 aromatic carbocycles. The highest BCUT2D eigenvalue weighted by molar-refractivity contribution is 5.97. The Kier molecular flexibility index (Phi) is 6.26. The summed E-state index contributed by atoms with van der Waals surface area (Å²) in [6, 6.07) is 14.1. The van der Waals surface area contributed by atoms with Crippen LogP contribution in [0.15, 0.2) is 48.7 Å². The monoisotopic (exact) mass is 435 g/mol. The molecule has 1 saturated heterocycles. The van der Waals surface area contributed by atoms with E-state index in [1.165, 1.54) is 0 Å². The number of carbonyl (C=O) groups is 1. The molecule has 4 rings (SSSR count). The fourth-order valence-corrected chi connectivity index (χ4v) is 4.90. The maximum Gasteiger partial charge on any atom is 0.248 e. The number of rotatable bonds is 7. The Morgan fingerprint density at radius 1 is 1.19 bits per heavy atom. The number of fused-ring (bicyclic) bond motifs is 1. The molecule has 6 heteroatoms. The van der Waals surface area contributed by atoms with Gasteiger partial charge in [-0.3, -0.25) is 4.79 Å². The molecule has 0 unspecified atom stereocenters. The lowest BCUT2D eigenvalue weighted by molar-refractivity contribution is 0.0769. The molecule has 3 aromatic rings. The Morgan fingerprint density at radius 3 is 2.59 bits per heavy atom. The van der Waals surface area contributed by atoms with Gasteiger partial charge in [0.2, 0.25) is 5.91 Å². The van der Waals surface area contributed by atoms with Crippen LogP contribution in [0.1, 0.15) is 54.2 Å². The normalized spacial score (nSPS) is 15.9. The van der Waals surface area contributed by atoms with Crippen LogP contribution in [-0.2, 0) is 12.0 Å². The molecule has 0 aliphatic carbocycles. The molecule has 0 atom stereocenters. The number of aromatic nitrogens is 1. The van der Waals surface area contributed by atoms with E-state index in [0.717, 1.165) is 66.7 Å². The summed E-state index contributed by atoms with van der Waals surface area (Å²) in [7, 11) is 1.68. The van der Waals surface area contributed by atoms with E-state index in [2.05, 4.69) is 21.7 Å². The molecule has 0 bridgehead atoms. The van der Waals surface area contributed by atoms with Crippen molar-refractivity contribution in [2.45, 2.75) is 44.8 Å². The summed E-state index contributed by atoms with van der Waals surface area (Å²) in [4.78, 5) is 14.1. The van der Waals surface area contributed by atoms with Gasteiger partial charge in [0, 0.05) is 48.5 Å². The summed E-state index contributed by atoms with van der Waals surface area (Å²) >= 11 is 0. The number of primary amides is 1. The molecule has 170 valence electrons. The summed E-state index contributed by atoms with van der Waals surface area (Å²) < 4.78 is 7.89. The molecule has 1 aliphatic heterocycles. The number of aliphatic hydroxyl groups is 1. The molecule has 6 nitrogen and oxygen atoms in total. The van der Waals surface area contributed by atoms with Crippen molar-refractivity contribution in [1.29, 1.82) is 0 Å². The van der Waals surface area contributed by atoms with Crippen LogP contribution >= 0.6 is 0 Å². The number of amides is 1. The third-order valence-corrected chi connectivity index (χ3v) is 6.65. The number of piperidine rings is 1. The maximum absolute atomic E-state index is 11.6. The molecule has 0 saturated carbocycles. The van der Waals surface area contributed by atoms with E-state index in [9.17, 15) is 9.90 Å². The van der Waals surface area contributed by atoms with Gasteiger partial charge in [0.15, 0.2) is 0 Å². The van der Waals surface area contributed by atoms with Crippen molar-refractivity contribution >= 4 is 16.8 Å². The number of likely N-dealkylation sites (tertiary alicyclic amines) is 1. The minimum Gasteiger partial charge on any atom is -0.496 e. The van der Waals surface area contributed by atoms with Crippen LogP contribution in [0.2, 0.25) is 0 Å². The van der Waals surface area contributed by atoms with Crippen molar-refractivity contribution in [3.05, 3.63) is 65.4 Å². The Morgan fingerprint density at radius 2 is 1.94 bits per heavy atom. The smallest absolute Gasteiger partial charge is 0.248 e. The minimum atomic E-state index is -0.907. The Hall–Kier alpha value is -2.83. The van der Waals surface area contributed by atoms with Crippen LogP contribution in [0.5, 0.6) is 5.75 Å². The summed E-state index contributed by atoms with van der Waals surface area (Å²) in [6.45, 7) is 6.58. The van der Waals surface area contributed by atoms with Crippen LogP contribution in [0.3, 0.4) is 0 Å². The quantitative estimate of drug-likeness (QED) is 0.591. The van der Waals surface area contributed by atoms with Crippen molar-refractivity contribution < 1.29 is 14.6 Å². The lowest BCUT2D eigenvalue weighted by atomic mass is 9.90. The van der Waals surface area contributed by atoms with E-state index >= 15 is 0 Å². The highest BCUT2D eigenvalue weighted by Crippen LogP contribution is 2.32. The average Bonchev–Trinajstić information content (AvgIpc) is 3.20. The zero-order chi connectivity index (χ0) is 22.9. The molecule has 1 amide bonds. The molecule has 1 aromatic heterocycles. The summed E-state index contributed by atoms with van der Waals surface area (Å²) in [5, 5.41) is 11.7. The second kappa shape index (κ2) is 8.96.